The molecule has 0 aliphatic heterocycles. The summed E-state index contributed by atoms with van der Waals surface area (Å²) in [5.41, 5.74) is 12.6. The zero-order valence-electron chi connectivity index (χ0n) is 25.2. The van der Waals surface area contributed by atoms with Gasteiger partial charge in [0, 0.05) is 0 Å². The molecule has 0 aromatic heterocycles. The molecule has 5 rings (SSSR count). The number of fused-ring (bicyclic) bond motifs is 4. The summed E-state index contributed by atoms with van der Waals surface area (Å²) in [6, 6.07) is 4.44. The van der Waals surface area contributed by atoms with Crippen LogP contribution in [0.1, 0.15) is 108 Å². The zero-order valence-corrected chi connectivity index (χ0v) is 25.2. The summed E-state index contributed by atoms with van der Waals surface area (Å²) in [5, 5.41) is 0. The SMILES string of the molecule is COC(=O)c1c(C)c2c(c(C)c1C(=O)OC)Cc1cc3c(cc1C2)Cc1c(C)c(C(=O)OC)c(C(=O)OC)c(C)c1C3. The molecular weight excluding hydrogens is 536 g/mol. The molecular formula is C34H34O8. The Morgan fingerprint density at radius 2 is 0.619 bits per heavy atom. The Morgan fingerprint density at radius 1 is 0.429 bits per heavy atom. The lowest BCUT2D eigenvalue weighted by molar-refractivity contribution is 0.0553. The summed E-state index contributed by atoms with van der Waals surface area (Å²) in [6.07, 6.45) is 2.43. The van der Waals surface area contributed by atoms with E-state index in [1.165, 1.54) is 28.4 Å². The number of carbonyl (C=O) groups is 4. The van der Waals surface area contributed by atoms with Gasteiger partial charge in [-0.15, -0.1) is 0 Å². The smallest absolute Gasteiger partial charge is 0.339 e. The number of methoxy groups -OCH3 is 4. The average molecular weight is 571 g/mol. The van der Waals surface area contributed by atoms with E-state index in [9.17, 15) is 19.2 Å². The molecule has 0 heterocycles. The van der Waals surface area contributed by atoms with E-state index in [4.69, 9.17) is 18.9 Å². The van der Waals surface area contributed by atoms with Crippen LogP contribution in [-0.2, 0) is 44.6 Å². The van der Waals surface area contributed by atoms with Crippen LogP contribution in [0.25, 0.3) is 0 Å². The lowest BCUT2D eigenvalue weighted by atomic mass is 9.74. The minimum Gasteiger partial charge on any atom is -0.465 e. The van der Waals surface area contributed by atoms with Gasteiger partial charge in [0.25, 0.3) is 0 Å². The molecule has 3 aromatic rings. The highest BCUT2D eigenvalue weighted by atomic mass is 16.5. The highest BCUT2D eigenvalue weighted by Gasteiger charge is 2.34. The third-order valence-corrected chi connectivity index (χ3v) is 9.09. The number of benzene rings is 3. The number of hydrogen-bond donors (Lipinski definition) is 0. The second kappa shape index (κ2) is 10.7. The molecule has 2 aliphatic rings. The molecule has 3 aromatic carbocycles. The Morgan fingerprint density at radius 3 is 0.786 bits per heavy atom. The molecule has 0 saturated carbocycles. The molecule has 0 spiro atoms. The van der Waals surface area contributed by atoms with Crippen molar-refractivity contribution in [2.45, 2.75) is 53.4 Å². The van der Waals surface area contributed by atoms with Crippen molar-refractivity contribution in [1.82, 2.24) is 0 Å². The minimum absolute atomic E-state index is 0.249. The van der Waals surface area contributed by atoms with Crippen LogP contribution in [0.15, 0.2) is 12.1 Å². The van der Waals surface area contributed by atoms with E-state index in [2.05, 4.69) is 12.1 Å². The topological polar surface area (TPSA) is 105 Å². The fourth-order valence-electron chi connectivity index (χ4n) is 6.86. The molecule has 0 amide bonds. The van der Waals surface area contributed by atoms with Gasteiger partial charge in [0.2, 0.25) is 0 Å². The molecule has 0 unspecified atom stereocenters. The normalized spacial score (nSPS) is 12.8. The summed E-state index contributed by atoms with van der Waals surface area (Å²) in [6.45, 7) is 7.43. The average Bonchev–Trinajstić information content (AvgIpc) is 3.00. The van der Waals surface area contributed by atoms with E-state index in [-0.39, 0.29) is 22.3 Å². The van der Waals surface area contributed by atoms with Gasteiger partial charge in [0.1, 0.15) is 0 Å². The van der Waals surface area contributed by atoms with Crippen molar-refractivity contribution in [1.29, 1.82) is 0 Å². The van der Waals surface area contributed by atoms with Crippen LogP contribution in [0, 0.1) is 27.7 Å². The number of hydrogen-bond acceptors (Lipinski definition) is 8. The number of rotatable bonds is 4. The van der Waals surface area contributed by atoms with Gasteiger partial charge in [-0.2, -0.15) is 0 Å². The van der Waals surface area contributed by atoms with Crippen molar-refractivity contribution < 1.29 is 38.1 Å². The van der Waals surface area contributed by atoms with Crippen LogP contribution in [0.5, 0.6) is 0 Å². The van der Waals surface area contributed by atoms with Gasteiger partial charge in [0.15, 0.2) is 0 Å². The summed E-state index contributed by atoms with van der Waals surface area (Å²) >= 11 is 0. The first kappa shape index (κ1) is 29.0. The molecule has 0 saturated heterocycles. The fraction of sp³-hybridized carbons (Fsp3) is 0.353. The monoisotopic (exact) mass is 570 g/mol. The summed E-state index contributed by atoms with van der Waals surface area (Å²) in [5.74, 6) is -2.26. The first-order chi connectivity index (χ1) is 20.0. The van der Waals surface area contributed by atoms with Gasteiger partial charge < -0.3 is 18.9 Å². The van der Waals surface area contributed by atoms with Crippen LogP contribution in [0.2, 0.25) is 0 Å². The fourth-order valence-corrected chi connectivity index (χ4v) is 6.86. The molecule has 8 nitrogen and oxygen atoms in total. The van der Waals surface area contributed by atoms with E-state index in [1.807, 2.05) is 27.7 Å². The van der Waals surface area contributed by atoms with Crippen LogP contribution >= 0.6 is 0 Å². The Labute approximate surface area is 244 Å². The van der Waals surface area contributed by atoms with Crippen LogP contribution < -0.4 is 0 Å². The lowest BCUT2D eigenvalue weighted by Gasteiger charge is -2.31. The van der Waals surface area contributed by atoms with E-state index < -0.39 is 23.9 Å². The maximum absolute atomic E-state index is 12.8. The van der Waals surface area contributed by atoms with Gasteiger partial charge in [-0.25, -0.2) is 19.2 Å². The molecule has 218 valence electrons. The summed E-state index contributed by atoms with van der Waals surface area (Å²) in [7, 11) is 5.22. The maximum Gasteiger partial charge on any atom is 0.339 e. The standard InChI is InChI=1S/C34H34O8/c1-15-23-11-19-9-21-13-25-17(3)29(33(37)41-7)30(34(38)42-8)18(4)26(25)14-22(21)10-20(19)12-24(23)16(2)28(32(36)40-6)27(15)31(35)39-5/h9-10H,11-14H2,1-8H3. The molecule has 42 heavy (non-hydrogen) atoms. The van der Waals surface area contributed by atoms with Crippen LogP contribution in [-0.4, -0.2) is 52.3 Å². The van der Waals surface area contributed by atoms with E-state index in [0.717, 1.165) is 66.8 Å². The molecule has 8 heteroatoms. The molecule has 0 radical (unpaired) electrons. The molecule has 0 atom stereocenters. The molecule has 2 aliphatic carbocycles. The highest BCUT2D eigenvalue weighted by Crippen LogP contribution is 2.41. The summed E-state index contributed by atoms with van der Waals surface area (Å²) in [4.78, 5) is 51.3. The van der Waals surface area contributed by atoms with E-state index >= 15 is 0 Å². The Bertz CT molecular complexity index is 1480. The Hall–Kier alpha value is -4.46. The van der Waals surface area contributed by atoms with Crippen molar-refractivity contribution >= 4 is 23.9 Å². The van der Waals surface area contributed by atoms with Crippen molar-refractivity contribution in [3.63, 3.8) is 0 Å². The Balaban J connectivity index is 1.65. The third kappa shape index (κ3) is 4.28. The van der Waals surface area contributed by atoms with Gasteiger partial charge in [-0.3, -0.25) is 0 Å². The second-order valence-electron chi connectivity index (χ2n) is 11.0. The maximum atomic E-state index is 12.8. The van der Waals surface area contributed by atoms with Crippen LogP contribution in [0.4, 0.5) is 0 Å². The highest BCUT2D eigenvalue weighted by molar-refractivity contribution is 6.07. The third-order valence-electron chi connectivity index (χ3n) is 9.09. The number of esters is 4. The lowest BCUT2D eigenvalue weighted by Crippen LogP contribution is -2.23. The van der Waals surface area contributed by atoms with Gasteiger partial charge in [-0.05, 0) is 120 Å². The van der Waals surface area contributed by atoms with Gasteiger partial charge >= 0.3 is 23.9 Å². The Kier molecular flexibility index (Phi) is 7.43. The molecule has 0 N–H and O–H groups in total. The minimum atomic E-state index is -0.565. The number of ether oxygens (including phenoxy) is 4. The van der Waals surface area contributed by atoms with Crippen molar-refractivity contribution in [3.8, 4) is 0 Å². The van der Waals surface area contributed by atoms with Crippen molar-refractivity contribution in [2.75, 3.05) is 28.4 Å². The van der Waals surface area contributed by atoms with E-state index in [0.29, 0.717) is 25.7 Å². The zero-order chi connectivity index (χ0) is 30.6. The predicted molar refractivity (Wildman–Crippen MR) is 155 cm³/mol. The number of carbonyl (C=O) groups excluding carboxylic acids is 4. The first-order valence-corrected chi connectivity index (χ1v) is 13.7. The molecule has 0 fully saturated rings. The second-order valence-corrected chi connectivity index (χ2v) is 11.0. The predicted octanol–water partition coefficient (Wildman–Crippen LogP) is 5.06. The quantitative estimate of drug-likeness (QED) is 0.218. The molecule has 0 bridgehead atoms. The summed E-state index contributed by atoms with van der Waals surface area (Å²) < 4.78 is 20.2. The van der Waals surface area contributed by atoms with Gasteiger partial charge in [-0.1, -0.05) is 12.1 Å². The van der Waals surface area contributed by atoms with Gasteiger partial charge in [0.05, 0.1) is 50.7 Å². The van der Waals surface area contributed by atoms with Crippen LogP contribution in [0.3, 0.4) is 0 Å². The van der Waals surface area contributed by atoms with Crippen molar-refractivity contribution in [2.24, 2.45) is 0 Å². The van der Waals surface area contributed by atoms with Crippen molar-refractivity contribution in [3.05, 3.63) is 101 Å². The first-order valence-electron chi connectivity index (χ1n) is 13.7. The largest absolute Gasteiger partial charge is 0.465 e. The van der Waals surface area contributed by atoms with E-state index in [1.54, 1.807) is 0 Å².